The fraction of sp³-hybridized carbons (Fsp3) is 0.154. The van der Waals surface area contributed by atoms with Gasteiger partial charge in [-0.25, -0.2) is 0 Å². The normalized spacial score (nSPS) is 10.8. The number of nitrogens with zero attached hydrogens (tertiary/aromatic N) is 3. The van der Waals surface area contributed by atoms with Gasteiger partial charge in [0.25, 0.3) is 0 Å². The van der Waals surface area contributed by atoms with Gasteiger partial charge in [0.2, 0.25) is 5.95 Å². The van der Waals surface area contributed by atoms with Crippen molar-refractivity contribution in [3.63, 3.8) is 0 Å². The number of halogens is 1. The minimum absolute atomic E-state index is 0.518. The van der Waals surface area contributed by atoms with E-state index in [0.29, 0.717) is 22.4 Å². The molecule has 0 saturated heterocycles. The first-order chi connectivity index (χ1) is 9.67. The number of hydrogen-bond donors (Lipinski definition) is 3. The van der Waals surface area contributed by atoms with E-state index in [9.17, 15) is 0 Å². The number of benzene rings is 1. The second-order valence-electron chi connectivity index (χ2n) is 4.36. The quantitative estimate of drug-likeness (QED) is 0.690. The van der Waals surface area contributed by atoms with Crippen LogP contribution in [0.5, 0.6) is 0 Å². The van der Waals surface area contributed by atoms with Crippen LogP contribution in [0, 0.1) is 6.92 Å². The number of aryl methyl sites for hydroxylation is 1. The Balaban J connectivity index is 2.09. The lowest BCUT2D eigenvalue weighted by molar-refractivity contribution is 1.09. The molecule has 0 atom stereocenters. The molecule has 0 aliphatic carbocycles. The van der Waals surface area contributed by atoms with Gasteiger partial charge in [0.15, 0.2) is 5.65 Å². The van der Waals surface area contributed by atoms with Crippen molar-refractivity contribution < 1.29 is 0 Å². The number of hydrogen-bond acceptors (Lipinski definition) is 5. The van der Waals surface area contributed by atoms with Crippen LogP contribution in [0.2, 0.25) is 5.02 Å². The molecule has 0 aliphatic rings. The van der Waals surface area contributed by atoms with E-state index in [1.165, 1.54) is 0 Å². The highest BCUT2D eigenvalue weighted by atomic mass is 35.5. The van der Waals surface area contributed by atoms with Gasteiger partial charge in [-0.05, 0) is 24.6 Å². The van der Waals surface area contributed by atoms with Crippen LogP contribution in [-0.2, 0) is 0 Å². The minimum atomic E-state index is 0.518. The number of aromatic nitrogens is 4. The highest BCUT2D eigenvalue weighted by molar-refractivity contribution is 6.30. The van der Waals surface area contributed by atoms with Gasteiger partial charge in [-0.15, -0.1) is 0 Å². The average molecular weight is 289 g/mol. The maximum atomic E-state index is 6.04. The lowest BCUT2D eigenvalue weighted by Crippen LogP contribution is -2.02. The summed E-state index contributed by atoms with van der Waals surface area (Å²) in [7, 11) is 1.77. The van der Waals surface area contributed by atoms with Gasteiger partial charge in [-0.2, -0.15) is 15.1 Å². The zero-order valence-corrected chi connectivity index (χ0v) is 11.8. The number of nitrogens with one attached hydrogen (secondary N) is 3. The second-order valence-corrected chi connectivity index (χ2v) is 4.80. The number of rotatable bonds is 3. The Hall–Kier alpha value is -2.34. The molecule has 0 fully saturated rings. The summed E-state index contributed by atoms with van der Waals surface area (Å²) in [6.45, 7) is 2.01. The predicted molar refractivity (Wildman–Crippen MR) is 80.7 cm³/mol. The van der Waals surface area contributed by atoms with Crippen molar-refractivity contribution in [1.29, 1.82) is 0 Å². The van der Waals surface area contributed by atoms with Crippen molar-refractivity contribution in [2.24, 2.45) is 0 Å². The summed E-state index contributed by atoms with van der Waals surface area (Å²) in [4.78, 5) is 8.71. The molecule has 0 saturated carbocycles. The molecule has 3 rings (SSSR count). The first-order valence-electron chi connectivity index (χ1n) is 6.09. The highest BCUT2D eigenvalue weighted by Gasteiger charge is 2.10. The first-order valence-corrected chi connectivity index (χ1v) is 6.47. The van der Waals surface area contributed by atoms with Gasteiger partial charge in [0.05, 0.1) is 11.6 Å². The van der Waals surface area contributed by atoms with Crippen LogP contribution in [-0.4, -0.2) is 27.2 Å². The number of aromatic amines is 1. The maximum absolute atomic E-state index is 6.04. The number of anilines is 3. The molecule has 20 heavy (non-hydrogen) atoms. The summed E-state index contributed by atoms with van der Waals surface area (Å²) < 4.78 is 0. The number of H-pyrrole nitrogens is 1. The Morgan fingerprint density at radius 2 is 2.10 bits per heavy atom. The number of fused-ring (bicyclic) bond motifs is 1. The summed E-state index contributed by atoms with van der Waals surface area (Å²) >= 11 is 6.04. The Morgan fingerprint density at radius 1 is 1.25 bits per heavy atom. The van der Waals surface area contributed by atoms with Crippen molar-refractivity contribution in [1.82, 2.24) is 20.2 Å². The standard InChI is InChI=1S/C13H13ClN6/c1-7-3-4-8(14)5-10(7)17-11-9-6-16-20-12(9)19-13(15-2)18-11/h3-6H,1-2H3,(H3,15,16,17,18,19,20). The van der Waals surface area contributed by atoms with E-state index in [1.54, 1.807) is 13.2 Å². The van der Waals surface area contributed by atoms with E-state index in [1.807, 2.05) is 25.1 Å². The second kappa shape index (κ2) is 4.97. The third kappa shape index (κ3) is 2.25. The molecule has 6 nitrogen and oxygen atoms in total. The Morgan fingerprint density at radius 3 is 2.90 bits per heavy atom. The zero-order chi connectivity index (χ0) is 14.1. The van der Waals surface area contributed by atoms with Crippen molar-refractivity contribution in [2.45, 2.75) is 6.92 Å². The fourth-order valence-corrected chi connectivity index (χ4v) is 2.07. The van der Waals surface area contributed by atoms with E-state index in [4.69, 9.17) is 11.6 Å². The van der Waals surface area contributed by atoms with Crippen LogP contribution in [0.25, 0.3) is 11.0 Å². The summed E-state index contributed by atoms with van der Waals surface area (Å²) in [5.41, 5.74) is 2.66. The molecule has 0 radical (unpaired) electrons. The van der Waals surface area contributed by atoms with Crippen molar-refractivity contribution in [2.75, 3.05) is 17.7 Å². The average Bonchev–Trinajstić information content (AvgIpc) is 2.91. The van der Waals surface area contributed by atoms with E-state index >= 15 is 0 Å². The van der Waals surface area contributed by atoms with E-state index in [0.717, 1.165) is 16.6 Å². The van der Waals surface area contributed by atoms with E-state index in [2.05, 4.69) is 30.8 Å². The van der Waals surface area contributed by atoms with Gasteiger partial charge in [-0.1, -0.05) is 17.7 Å². The lowest BCUT2D eigenvalue weighted by Gasteiger charge is -2.11. The van der Waals surface area contributed by atoms with Crippen molar-refractivity contribution in [3.05, 3.63) is 35.0 Å². The summed E-state index contributed by atoms with van der Waals surface area (Å²) in [6.07, 6.45) is 1.69. The van der Waals surface area contributed by atoms with Gasteiger partial charge < -0.3 is 10.6 Å². The Labute approximate surface area is 120 Å². The fourth-order valence-electron chi connectivity index (χ4n) is 1.90. The van der Waals surface area contributed by atoms with Crippen molar-refractivity contribution in [3.8, 4) is 0 Å². The molecule has 102 valence electrons. The summed E-state index contributed by atoms with van der Waals surface area (Å²) in [5, 5.41) is 14.5. The molecule has 0 amide bonds. The van der Waals surface area contributed by atoms with Crippen LogP contribution < -0.4 is 10.6 Å². The van der Waals surface area contributed by atoms with Crippen LogP contribution in [0.4, 0.5) is 17.5 Å². The summed E-state index contributed by atoms with van der Waals surface area (Å²) in [5.74, 6) is 1.20. The molecule has 3 aromatic rings. The minimum Gasteiger partial charge on any atom is -0.357 e. The van der Waals surface area contributed by atoms with Gasteiger partial charge >= 0.3 is 0 Å². The molecule has 1 aromatic carbocycles. The highest BCUT2D eigenvalue weighted by Crippen LogP contribution is 2.27. The van der Waals surface area contributed by atoms with Crippen LogP contribution in [0.15, 0.2) is 24.4 Å². The molecule has 3 N–H and O–H groups in total. The van der Waals surface area contributed by atoms with Gasteiger partial charge in [-0.3, -0.25) is 5.10 Å². The zero-order valence-electron chi connectivity index (χ0n) is 11.0. The van der Waals surface area contributed by atoms with Crippen LogP contribution >= 0.6 is 11.6 Å². The van der Waals surface area contributed by atoms with E-state index in [-0.39, 0.29) is 0 Å². The van der Waals surface area contributed by atoms with Crippen LogP contribution in [0.3, 0.4) is 0 Å². The SMILES string of the molecule is CNc1nc(Nc2cc(Cl)ccc2C)c2cn[nH]c2n1. The molecule has 0 bridgehead atoms. The lowest BCUT2D eigenvalue weighted by atomic mass is 10.2. The van der Waals surface area contributed by atoms with Gasteiger partial charge in [0.1, 0.15) is 5.82 Å². The third-order valence-electron chi connectivity index (χ3n) is 2.99. The molecule has 7 heteroatoms. The topological polar surface area (TPSA) is 78.5 Å². The predicted octanol–water partition coefficient (Wildman–Crippen LogP) is 3.10. The maximum Gasteiger partial charge on any atom is 0.226 e. The van der Waals surface area contributed by atoms with Crippen LogP contribution in [0.1, 0.15) is 5.56 Å². The smallest absolute Gasteiger partial charge is 0.226 e. The molecule has 0 aliphatic heterocycles. The molecule has 2 heterocycles. The first kappa shape index (κ1) is 12.7. The molecular weight excluding hydrogens is 276 g/mol. The Bertz CT molecular complexity index is 767. The monoisotopic (exact) mass is 288 g/mol. The Kier molecular flexibility index (Phi) is 3.15. The largest absolute Gasteiger partial charge is 0.357 e. The summed E-state index contributed by atoms with van der Waals surface area (Å²) in [6, 6.07) is 5.68. The third-order valence-corrected chi connectivity index (χ3v) is 3.22. The molecule has 0 spiro atoms. The molecule has 0 unspecified atom stereocenters. The molecular formula is C13H13ClN6. The molecule has 2 aromatic heterocycles. The van der Waals surface area contributed by atoms with Gasteiger partial charge in [0, 0.05) is 17.8 Å². The van der Waals surface area contributed by atoms with E-state index < -0.39 is 0 Å². The van der Waals surface area contributed by atoms with Crippen molar-refractivity contribution >= 4 is 40.1 Å².